The Morgan fingerprint density at radius 1 is 0.480 bits per heavy atom. The van der Waals surface area contributed by atoms with Crippen molar-refractivity contribution in [1.82, 2.24) is 0 Å². The maximum Gasteiger partial charge on any atom is 0.361 e. The third-order valence-electron chi connectivity index (χ3n) is 4.29. The second kappa shape index (κ2) is 6.74. The lowest BCUT2D eigenvalue weighted by Gasteiger charge is -2.02. The Bertz CT molecular complexity index is 914. The lowest BCUT2D eigenvalue weighted by atomic mass is 10.0. The van der Waals surface area contributed by atoms with E-state index in [0.717, 1.165) is 28.2 Å². The van der Waals surface area contributed by atoms with Gasteiger partial charge < -0.3 is 0 Å². The monoisotopic (exact) mass is 323 g/mol. The SMILES string of the molecule is Cc1ccc(-c2cc(-c3ccccc3)cc(-c3ccccc3)[o+]2)cc1. The van der Waals surface area contributed by atoms with Gasteiger partial charge in [0.25, 0.3) is 0 Å². The Morgan fingerprint density at radius 2 is 0.960 bits per heavy atom. The molecule has 4 aromatic rings. The summed E-state index contributed by atoms with van der Waals surface area (Å²) in [4.78, 5) is 0. The third kappa shape index (κ3) is 3.36. The van der Waals surface area contributed by atoms with E-state index in [-0.39, 0.29) is 0 Å². The summed E-state index contributed by atoms with van der Waals surface area (Å²) in [5.74, 6) is 1.75. The zero-order valence-corrected chi connectivity index (χ0v) is 14.1. The van der Waals surface area contributed by atoms with Crippen LogP contribution in [0.15, 0.2) is 101 Å². The predicted octanol–water partition coefficient (Wildman–Crippen LogP) is 6.87. The van der Waals surface area contributed by atoms with Crippen LogP contribution < -0.4 is 0 Å². The summed E-state index contributed by atoms with van der Waals surface area (Å²) < 4.78 is 6.25. The maximum absolute atomic E-state index is 6.25. The van der Waals surface area contributed by atoms with E-state index in [9.17, 15) is 0 Å². The Hall–Kier alpha value is -3.19. The lowest BCUT2D eigenvalue weighted by molar-refractivity contribution is 0.582. The minimum atomic E-state index is 0.873. The van der Waals surface area contributed by atoms with Crippen LogP contribution in [0, 0.1) is 6.92 Å². The van der Waals surface area contributed by atoms with Crippen molar-refractivity contribution in [3.63, 3.8) is 0 Å². The Labute approximate surface area is 148 Å². The van der Waals surface area contributed by atoms with Crippen LogP contribution in [0.2, 0.25) is 0 Å². The molecule has 0 radical (unpaired) electrons. The van der Waals surface area contributed by atoms with E-state index < -0.39 is 0 Å². The highest BCUT2D eigenvalue weighted by atomic mass is 16.3. The van der Waals surface area contributed by atoms with Gasteiger partial charge >= 0.3 is 11.5 Å². The smallest absolute Gasteiger partial charge is 0.207 e. The number of aryl methyl sites for hydroxylation is 1. The van der Waals surface area contributed by atoms with Crippen molar-refractivity contribution < 1.29 is 4.42 Å². The van der Waals surface area contributed by atoms with Crippen LogP contribution in [-0.4, -0.2) is 0 Å². The normalized spacial score (nSPS) is 10.6. The van der Waals surface area contributed by atoms with E-state index in [0.29, 0.717) is 0 Å². The first-order valence-electron chi connectivity index (χ1n) is 8.46. The van der Waals surface area contributed by atoms with Crippen LogP contribution in [0.1, 0.15) is 5.56 Å². The van der Waals surface area contributed by atoms with Crippen molar-refractivity contribution in [2.24, 2.45) is 0 Å². The molecule has 0 aliphatic heterocycles. The molecular weight excluding hydrogens is 304 g/mol. The fraction of sp³-hybridized carbons (Fsp3) is 0.0417. The van der Waals surface area contributed by atoms with E-state index in [1.54, 1.807) is 0 Å². The summed E-state index contributed by atoms with van der Waals surface area (Å²) in [6.45, 7) is 2.09. The third-order valence-corrected chi connectivity index (χ3v) is 4.29. The number of hydrogen-bond acceptors (Lipinski definition) is 0. The summed E-state index contributed by atoms with van der Waals surface area (Å²) in [6.07, 6.45) is 0. The molecular formula is C24H19O+. The first kappa shape index (κ1) is 15.3. The van der Waals surface area contributed by atoms with Crippen LogP contribution in [-0.2, 0) is 0 Å². The quantitative estimate of drug-likeness (QED) is 0.374. The average molecular weight is 323 g/mol. The zero-order chi connectivity index (χ0) is 17.1. The lowest BCUT2D eigenvalue weighted by Crippen LogP contribution is -1.86. The summed E-state index contributed by atoms with van der Waals surface area (Å²) in [5, 5.41) is 0. The second-order valence-corrected chi connectivity index (χ2v) is 6.17. The molecule has 0 saturated heterocycles. The second-order valence-electron chi connectivity index (χ2n) is 6.17. The highest BCUT2D eigenvalue weighted by Gasteiger charge is 2.20. The van der Waals surface area contributed by atoms with Crippen molar-refractivity contribution >= 4 is 0 Å². The van der Waals surface area contributed by atoms with E-state index in [2.05, 4.69) is 79.7 Å². The predicted molar refractivity (Wildman–Crippen MR) is 104 cm³/mol. The summed E-state index contributed by atoms with van der Waals surface area (Å²) in [6, 6.07) is 33.3. The van der Waals surface area contributed by atoms with Crippen molar-refractivity contribution in [2.75, 3.05) is 0 Å². The topological polar surface area (TPSA) is 11.3 Å². The molecule has 0 spiro atoms. The van der Waals surface area contributed by atoms with Gasteiger partial charge in [0.15, 0.2) is 0 Å². The summed E-state index contributed by atoms with van der Waals surface area (Å²) in [5.41, 5.74) is 5.74. The first-order valence-corrected chi connectivity index (χ1v) is 8.46. The van der Waals surface area contributed by atoms with Crippen molar-refractivity contribution in [2.45, 2.75) is 6.92 Å². The maximum atomic E-state index is 6.25. The molecule has 1 nitrogen and oxygen atoms in total. The van der Waals surface area contributed by atoms with E-state index >= 15 is 0 Å². The molecule has 1 aromatic heterocycles. The van der Waals surface area contributed by atoms with Gasteiger partial charge in [-0.2, -0.15) is 0 Å². The van der Waals surface area contributed by atoms with Crippen LogP contribution in [0.5, 0.6) is 0 Å². The Kier molecular flexibility index (Phi) is 4.14. The molecule has 1 heteroatoms. The number of benzene rings is 3. The fourth-order valence-corrected chi connectivity index (χ4v) is 2.90. The van der Waals surface area contributed by atoms with Crippen LogP contribution in [0.25, 0.3) is 33.8 Å². The van der Waals surface area contributed by atoms with E-state index in [1.807, 2.05) is 24.3 Å². The summed E-state index contributed by atoms with van der Waals surface area (Å²) in [7, 11) is 0. The molecule has 25 heavy (non-hydrogen) atoms. The molecule has 0 unspecified atom stereocenters. The van der Waals surface area contributed by atoms with Gasteiger partial charge in [0.05, 0.1) is 23.3 Å². The van der Waals surface area contributed by atoms with Crippen LogP contribution >= 0.6 is 0 Å². The molecule has 0 fully saturated rings. The van der Waals surface area contributed by atoms with Gasteiger partial charge in [0, 0.05) is 5.56 Å². The molecule has 3 aromatic carbocycles. The van der Waals surface area contributed by atoms with Gasteiger partial charge in [-0.1, -0.05) is 66.2 Å². The Morgan fingerprint density at radius 3 is 1.52 bits per heavy atom. The van der Waals surface area contributed by atoms with Gasteiger partial charge in [-0.25, -0.2) is 4.42 Å². The first-order chi connectivity index (χ1) is 12.3. The van der Waals surface area contributed by atoms with Crippen LogP contribution in [0.4, 0.5) is 0 Å². The standard InChI is InChI=1S/C24H19O/c1-18-12-14-21(15-13-18)24-17-22(19-8-4-2-5-9-19)16-23(25-24)20-10-6-3-7-11-20/h2-17H,1H3/q+1. The van der Waals surface area contributed by atoms with Crippen molar-refractivity contribution in [3.05, 3.63) is 103 Å². The highest BCUT2D eigenvalue weighted by molar-refractivity contribution is 5.74. The van der Waals surface area contributed by atoms with Gasteiger partial charge in [-0.05, 0) is 36.8 Å². The fourth-order valence-electron chi connectivity index (χ4n) is 2.90. The largest absolute Gasteiger partial charge is 0.361 e. The molecule has 0 amide bonds. The zero-order valence-electron chi connectivity index (χ0n) is 14.1. The van der Waals surface area contributed by atoms with Gasteiger partial charge in [0.2, 0.25) is 0 Å². The molecule has 1 heterocycles. The van der Waals surface area contributed by atoms with Gasteiger partial charge in [0.1, 0.15) is 0 Å². The number of hydrogen-bond donors (Lipinski definition) is 0. The minimum absolute atomic E-state index is 0.873. The Balaban J connectivity index is 1.90. The molecule has 0 N–H and O–H groups in total. The molecule has 4 rings (SSSR count). The van der Waals surface area contributed by atoms with Crippen LogP contribution in [0.3, 0.4) is 0 Å². The van der Waals surface area contributed by atoms with Gasteiger partial charge in [-0.3, -0.25) is 0 Å². The molecule has 0 atom stereocenters. The number of rotatable bonds is 3. The van der Waals surface area contributed by atoms with E-state index in [4.69, 9.17) is 4.42 Å². The van der Waals surface area contributed by atoms with Gasteiger partial charge in [-0.15, -0.1) is 0 Å². The highest BCUT2D eigenvalue weighted by Crippen LogP contribution is 2.32. The molecule has 0 saturated carbocycles. The molecule has 0 aliphatic carbocycles. The van der Waals surface area contributed by atoms with E-state index in [1.165, 1.54) is 11.1 Å². The summed E-state index contributed by atoms with van der Waals surface area (Å²) >= 11 is 0. The molecule has 120 valence electrons. The molecule has 0 aliphatic rings. The van der Waals surface area contributed by atoms with Crippen molar-refractivity contribution in [3.8, 4) is 33.8 Å². The molecule has 0 bridgehead atoms. The minimum Gasteiger partial charge on any atom is -0.207 e. The van der Waals surface area contributed by atoms with Crippen molar-refractivity contribution in [1.29, 1.82) is 0 Å². The average Bonchev–Trinajstić information content (AvgIpc) is 2.69.